The average Bonchev–Trinajstić information content (AvgIpc) is 2.64. The molecular formula is C19H19N5O2. The quantitative estimate of drug-likeness (QED) is 0.736. The first-order valence-electron chi connectivity index (χ1n) is 8.16. The largest absolute Gasteiger partial charge is 0.367 e. The number of aryl methyl sites for hydroxylation is 2. The number of ether oxygens (including phenoxy) is 1. The minimum atomic E-state index is -0.274. The van der Waals surface area contributed by atoms with Gasteiger partial charge in [-0.2, -0.15) is 0 Å². The number of amides is 1. The van der Waals surface area contributed by atoms with E-state index in [9.17, 15) is 4.79 Å². The Hall–Kier alpha value is -3.19. The second-order valence-corrected chi connectivity index (χ2v) is 5.79. The second-order valence-electron chi connectivity index (χ2n) is 5.79. The third-order valence-electron chi connectivity index (χ3n) is 3.59. The van der Waals surface area contributed by atoms with E-state index < -0.39 is 0 Å². The highest BCUT2D eigenvalue weighted by atomic mass is 16.5. The molecule has 0 radical (unpaired) electrons. The lowest BCUT2D eigenvalue weighted by Gasteiger charge is -2.09. The van der Waals surface area contributed by atoms with Crippen LogP contribution in [-0.2, 0) is 16.1 Å². The van der Waals surface area contributed by atoms with Crippen molar-refractivity contribution in [2.75, 3.05) is 11.9 Å². The summed E-state index contributed by atoms with van der Waals surface area (Å²) in [5.74, 6) is 0.637. The van der Waals surface area contributed by atoms with Gasteiger partial charge in [0.25, 0.3) is 5.91 Å². The molecule has 0 aliphatic carbocycles. The Morgan fingerprint density at radius 3 is 2.77 bits per heavy atom. The maximum Gasteiger partial charge on any atom is 0.251 e. The van der Waals surface area contributed by atoms with Gasteiger partial charge >= 0.3 is 0 Å². The Labute approximate surface area is 151 Å². The summed E-state index contributed by atoms with van der Waals surface area (Å²) >= 11 is 0. The van der Waals surface area contributed by atoms with Gasteiger partial charge in [-0.25, -0.2) is 9.97 Å². The number of hydrogen-bond acceptors (Lipinski definition) is 6. The summed E-state index contributed by atoms with van der Waals surface area (Å²) in [6.07, 6.45) is 5.05. The van der Waals surface area contributed by atoms with E-state index in [1.54, 1.807) is 18.6 Å². The van der Waals surface area contributed by atoms with Crippen LogP contribution in [0.25, 0.3) is 11.5 Å². The molecule has 0 aliphatic heterocycles. The monoisotopic (exact) mass is 349 g/mol. The zero-order valence-electron chi connectivity index (χ0n) is 14.6. The summed E-state index contributed by atoms with van der Waals surface area (Å²) in [5, 5.41) is 2.76. The van der Waals surface area contributed by atoms with Crippen LogP contribution >= 0.6 is 0 Å². The SMILES string of the molecule is Cc1cc(COCC(=O)Nc2nc(-c3ccccn3)ncc2C)ccn1. The first-order chi connectivity index (χ1) is 12.6. The van der Waals surface area contributed by atoms with Crippen LogP contribution in [-0.4, -0.2) is 32.4 Å². The van der Waals surface area contributed by atoms with Crippen LogP contribution in [0.5, 0.6) is 0 Å². The van der Waals surface area contributed by atoms with Gasteiger partial charge in [-0.15, -0.1) is 0 Å². The summed E-state index contributed by atoms with van der Waals surface area (Å²) in [7, 11) is 0. The molecule has 0 unspecified atom stereocenters. The predicted octanol–water partition coefficient (Wildman–Crippen LogP) is 2.71. The fraction of sp³-hybridized carbons (Fsp3) is 0.211. The van der Waals surface area contributed by atoms with Crippen LogP contribution in [0, 0.1) is 13.8 Å². The van der Waals surface area contributed by atoms with Crippen LogP contribution in [0.15, 0.2) is 48.9 Å². The number of carbonyl (C=O) groups is 1. The van der Waals surface area contributed by atoms with Crippen LogP contribution in [0.3, 0.4) is 0 Å². The Kier molecular flexibility index (Phi) is 5.60. The van der Waals surface area contributed by atoms with Gasteiger partial charge in [0, 0.05) is 29.8 Å². The zero-order chi connectivity index (χ0) is 18.4. The molecule has 0 spiro atoms. The highest BCUT2D eigenvalue weighted by Crippen LogP contribution is 2.16. The molecule has 1 N–H and O–H groups in total. The van der Waals surface area contributed by atoms with Crippen molar-refractivity contribution in [3.63, 3.8) is 0 Å². The van der Waals surface area contributed by atoms with Gasteiger partial charge in [0.05, 0.1) is 6.61 Å². The van der Waals surface area contributed by atoms with Crippen LogP contribution in [0.4, 0.5) is 5.82 Å². The highest BCUT2D eigenvalue weighted by molar-refractivity contribution is 5.91. The topological polar surface area (TPSA) is 89.9 Å². The van der Waals surface area contributed by atoms with E-state index in [1.807, 2.05) is 44.2 Å². The van der Waals surface area contributed by atoms with Crippen molar-refractivity contribution in [3.8, 4) is 11.5 Å². The van der Waals surface area contributed by atoms with Crippen molar-refractivity contribution in [3.05, 3.63) is 65.7 Å². The van der Waals surface area contributed by atoms with Crippen molar-refractivity contribution in [2.24, 2.45) is 0 Å². The lowest BCUT2D eigenvalue weighted by atomic mass is 10.2. The summed E-state index contributed by atoms with van der Waals surface area (Å²) in [6, 6.07) is 9.28. The number of rotatable bonds is 6. The molecule has 0 aliphatic rings. The van der Waals surface area contributed by atoms with E-state index in [4.69, 9.17) is 4.74 Å². The third kappa shape index (κ3) is 4.67. The average molecular weight is 349 g/mol. The van der Waals surface area contributed by atoms with Crippen LogP contribution in [0.2, 0.25) is 0 Å². The van der Waals surface area contributed by atoms with Crippen molar-refractivity contribution in [1.29, 1.82) is 0 Å². The van der Waals surface area contributed by atoms with E-state index >= 15 is 0 Å². The van der Waals surface area contributed by atoms with E-state index in [-0.39, 0.29) is 12.5 Å². The van der Waals surface area contributed by atoms with Gasteiger partial charge in [0.1, 0.15) is 18.1 Å². The highest BCUT2D eigenvalue weighted by Gasteiger charge is 2.10. The molecule has 7 nitrogen and oxygen atoms in total. The Morgan fingerprint density at radius 1 is 1.12 bits per heavy atom. The minimum absolute atomic E-state index is 0.0657. The van der Waals surface area contributed by atoms with Gasteiger partial charge in [0.2, 0.25) is 0 Å². The molecule has 3 aromatic rings. The fourth-order valence-corrected chi connectivity index (χ4v) is 2.31. The fourth-order valence-electron chi connectivity index (χ4n) is 2.31. The number of nitrogens with zero attached hydrogens (tertiary/aromatic N) is 4. The molecule has 7 heteroatoms. The molecule has 0 aromatic carbocycles. The van der Waals surface area contributed by atoms with Crippen molar-refractivity contribution in [2.45, 2.75) is 20.5 Å². The second kappa shape index (κ2) is 8.26. The smallest absolute Gasteiger partial charge is 0.251 e. The number of carbonyl (C=O) groups excluding carboxylic acids is 1. The molecule has 26 heavy (non-hydrogen) atoms. The van der Waals surface area contributed by atoms with Crippen molar-refractivity contribution >= 4 is 11.7 Å². The molecule has 3 aromatic heterocycles. The van der Waals surface area contributed by atoms with Gasteiger partial charge in [-0.3, -0.25) is 14.8 Å². The lowest BCUT2D eigenvalue weighted by Crippen LogP contribution is -2.20. The number of nitrogens with one attached hydrogen (secondary N) is 1. The first kappa shape index (κ1) is 17.6. The van der Waals surface area contributed by atoms with Gasteiger partial charge in [-0.1, -0.05) is 6.07 Å². The minimum Gasteiger partial charge on any atom is -0.367 e. The maximum absolute atomic E-state index is 12.1. The van der Waals surface area contributed by atoms with E-state index in [0.717, 1.165) is 16.8 Å². The summed E-state index contributed by atoms with van der Waals surface area (Å²) < 4.78 is 5.47. The Balaban J connectivity index is 1.60. The van der Waals surface area contributed by atoms with Gasteiger partial charge in [-0.05, 0) is 43.7 Å². The Bertz CT molecular complexity index is 899. The van der Waals surface area contributed by atoms with E-state index in [0.29, 0.717) is 23.9 Å². The van der Waals surface area contributed by atoms with E-state index in [1.165, 1.54) is 0 Å². The molecule has 0 bridgehead atoms. The number of aromatic nitrogens is 4. The third-order valence-corrected chi connectivity index (χ3v) is 3.59. The molecular weight excluding hydrogens is 330 g/mol. The normalized spacial score (nSPS) is 10.5. The van der Waals surface area contributed by atoms with Crippen molar-refractivity contribution < 1.29 is 9.53 Å². The Morgan fingerprint density at radius 2 is 2.00 bits per heavy atom. The zero-order valence-corrected chi connectivity index (χ0v) is 14.6. The summed E-state index contributed by atoms with van der Waals surface area (Å²) in [6.45, 7) is 4.02. The maximum atomic E-state index is 12.1. The molecule has 3 rings (SSSR count). The van der Waals surface area contributed by atoms with Gasteiger partial charge in [0.15, 0.2) is 5.82 Å². The molecule has 0 atom stereocenters. The molecule has 132 valence electrons. The summed E-state index contributed by atoms with van der Waals surface area (Å²) in [4.78, 5) is 29.1. The molecule has 3 heterocycles. The lowest BCUT2D eigenvalue weighted by molar-refractivity contribution is -0.121. The van der Waals surface area contributed by atoms with Gasteiger partial charge < -0.3 is 10.1 Å². The molecule has 0 fully saturated rings. The van der Waals surface area contributed by atoms with Crippen LogP contribution in [0.1, 0.15) is 16.8 Å². The number of hydrogen-bond donors (Lipinski definition) is 1. The summed E-state index contributed by atoms with van der Waals surface area (Å²) in [5.41, 5.74) is 3.30. The van der Waals surface area contributed by atoms with E-state index in [2.05, 4.69) is 25.3 Å². The molecule has 0 saturated carbocycles. The standard InChI is InChI=1S/C19H19N5O2/c1-13-10-22-19(16-5-3-4-7-21-16)24-18(13)23-17(25)12-26-11-15-6-8-20-14(2)9-15/h3-10H,11-12H2,1-2H3,(H,22,23,24,25). The molecule has 0 saturated heterocycles. The number of anilines is 1. The number of pyridine rings is 2. The van der Waals surface area contributed by atoms with Crippen LogP contribution < -0.4 is 5.32 Å². The van der Waals surface area contributed by atoms with Crippen molar-refractivity contribution in [1.82, 2.24) is 19.9 Å². The molecule has 1 amide bonds. The predicted molar refractivity (Wildman–Crippen MR) is 97.3 cm³/mol. The first-order valence-corrected chi connectivity index (χ1v) is 8.16.